The Labute approximate surface area is 53.2 Å². The van der Waals surface area contributed by atoms with E-state index in [1.54, 1.807) is 0 Å². The van der Waals surface area contributed by atoms with Crippen LogP contribution in [0.4, 0.5) is 0 Å². The first kappa shape index (κ1) is 5.91. The van der Waals surface area contributed by atoms with Gasteiger partial charge in [0.2, 0.25) is 5.91 Å². The average Bonchev–Trinajstić information content (AvgIpc) is 1.64. The van der Waals surface area contributed by atoms with Crippen molar-refractivity contribution in [3.05, 3.63) is 0 Å². The van der Waals surface area contributed by atoms with Gasteiger partial charge in [-0.2, -0.15) is 0 Å². The minimum atomic E-state index is -0.142. The molecule has 1 saturated heterocycles. The van der Waals surface area contributed by atoms with Crippen LogP contribution in [-0.2, 0) is 4.79 Å². The maximum absolute atomic E-state index is 10.5. The molecule has 4 heteroatoms. The first-order valence-corrected chi connectivity index (χ1v) is 3.01. The van der Waals surface area contributed by atoms with Crippen molar-refractivity contribution in [2.45, 2.75) is 11.9 Å². The summed E-state index contributed by atoms with van der Waals surface area (Å²) in [7, 11) is 0. The highest BCUT2D eigenvalue weighted by molar-refractivity contribution is 7.80. The number of amides is 1. The van der Waals surface area contributed by atoms with Gasteiger partial charge in [-0.25, -0.2) is 0 Å². The molecule has 1 fully saturated rings. The van der Waals surface area contributed by atoms with Gasteiger partial charge in [-0.1, -0.05) is 0 Å². The Morgan fingerprint density at radius 2 is 2.50 bits per heavy atom. The molecule has 0 bridgehead atoms. The number of thiol groups is 1. The topological polar surface area (TPSA) is 41.1 Å². The van der Waals surface area contributed by atoms with E-state index < -0.39 is 0 Å². The quantitative estimate of drug-likeness (QED) is 0.382. The second kappa shape index (κ2) is 2.37. The molecule has 3 nitrogen and oxygen atoms in total. The van der Waals surface area contributed by atoms with Gasteiger partial charge in [0.15, 0.2) is 0 Å². The summed E-state index contributed by atoms with van der Waals surface area (Å²) >= 11 is 3.98. The number of carbonyl (C=O) groups excluding carboxylic acids is 1. The van der Waals surface area contributed by atoms with Crippen LogP contribution in [0.2, 0.25) is 0 Å². The largest absolute Gasteiger partial charge is 0.332 e. The predicted molar refractivity (Wildman–Crippen MR) is 33.5 cm³/mol. The Bertz CT molecular complexity index is 106. The van der Waals surface area contributed by atoms with Gasteiger partial charge < -0.3 is 5.32 Å². The maximum atomic E-state index is 10.5. The second-order valence-electron chi connectivity index (χ2n) is 1.67. The van der Waals surface area contributed by atoms with Crippen LogP contribution in [0.15, 0.2) is 0 Å². The molecule has 1 heterocycles. The van der Waals surface area contributed by atoms with E-state index >= 15 is 0 Å². The highest BCUT2D eigenvalue weighted by Gasteiger charge is 2.11. The third kappa shape index (κ3) is 1.38. The summed E-state index contributed by atoms with van der Waals surface area (Å²) in [6.45, 7) is 0.736. The maximum Gasteiger partial charge on any atom is 0.223 e. The molecule has 0 radical (unpaired) electrons. The van der Waals surface area contributed by atoms with Gasteiger partial charge >= 0.3 is 0 Å². The fourth-order valence-corrected chi connectivity index (χ4v) is 0.871. The summed E-state index contributed by atoms with van der Waals surface area (Å²) < 4.78 is 0. The fraction of sp³-hybridized carbons (Fsp3) is 0.750. The second-order valence-corrected chi connectivity index (χ2v) is 2.19. The SMILES string of the molecule is O=C1CCNC(S)N1. The molecule has 2 N–H and O–H groups in total. The van der Waals surface area contributed by atoms with Crippen LogP contribution in [0.5, 0.6) is 0 Å². The summed E-state index contributed by atoms with van der Waals surface area (Å²) in [5.41, 5.74) is -0.142. The lowest BCUT2D eigenvalue weighted by molar-refractivity contribution is -0.122. The van der Waals surface area contributed by atoms with Crippen LogP contribution >= 0.6 is 12.6 Å². The first-order chi connectivity index (χ1) is 3.79. The molecule has 0 aromatic carbocycles. The number of nitrogens with one attached hydrogen (secondary N) is 2. The monoisotopic (exact) mass is 132 g/mol. The first-order valence-electron chi connectivity index (χ1n) is 2.50. The summed E-state index contributed by atoms with van der Waals surface area (Å²) in [6.07, 6.45) is 0.567. The van der Waals surface area contributed by atoms with E-state index in [-0.39, 0.29) is 11.4 Å². The van der Waals surface area contributed by atoms with E-state index in [2.05, 4.69) is 23.3 Å². The van der Waals surface area contributed by atoms with Crippen molar-refractivity contribution in [3.8, 4) is 0 Å². The Hall–Kier alpha value is -0.220. The summed E-state index contributed by atoms with van der Waals surface area (Å²) in [5, 5.41) is 5.54. The lowest BCUT2D eigenvalue weighted by Crippen LogP contribution is -2.47. The molecule has 0 aromatic rings. The third-order valence-corrected chi connectivity index (χ3v) is 1.30. The zero-order chi connectivity index (χ0) is 5.98. The van der Waals surface area contributed by atoms with Gasteiger partial charge in [0.05, 0.1) is 0 Å². The Kier molecular flexibility index (Phi) is 1.75. The summed E-state index contributed by atoms with van der Waals surface area (Å²) in [4.78, 5) is 10.5. The number of carbonyl (C=O) groups is 1. The van der Waals surface area contributed by atoms with Crippen molar-refractivity contribution in [3.63, 3.8) is 0 Å². The molecule has 1 aliphatic rings. The standard InChI is InChI=1S/C4H8N2OS/c7-3-1-2-5-4(8)6-3/h4-5,8H,1-2H2,(H,6,7). The van der Waals surface area contributed by atoms with E-state index in [9.17, 15) is 4.79 Å². The van der Waals surface area contributed by atoms with Gasteiger partial charge in [0.1, 0.15) is 5.50 Å². The average molecular weight is 132 g/mol. The van der Waals surface area contributed by atoms with Crippen LogP contribution in [0.1, 0.15) is 6.42 Å². The van der Waals surface area contributed by atoms with Gasteiger partial charge in [-0.3, -0.25) is 10.1 Å². The minimum absolute atomic E-state index is 0.0729. The van der Waals surface area contributed by atoms with Crippen molar-refractivity contribution in [1.29, 1.82) is 0 Å². The van der Waals surface area contributed by atoms with Crippen molar-refractivity contribution < 1.29 is 4.79 Å². The lowest BCUT2D eigenvalue weighted by Gasteiger charge is -2.19. The van der Waals surface area contributed by atoms with E-state index in [4.69, 9.17) is 0 Å². The summed E-state index contributed by atoms with van der Waals surface area (Å²) in [6, 6.07) is 0. The van der Waals surface area contributed by atoms with Crippen molar-refractivity contribution in [1.82, 2.24) is 10.6 Å². The molecule has 1 atom stereocenters. The Balaban J connectivity index is 2.34. The van der Waals surface area contributed by atoms with Crippen molar-refractivity contribution >= 4 is 18.5 Å². The number of hydrogen-bond donors (Lipinski definition) is 3. The molecule has 1 unspecified atom stereocenters. The normalized spacial score (nSPS) is 29.6. The molecule has 1 amide bonds. The van der Waals surface area contributed by atoms with E-state index in [1.807, 2.05) is 0 Å². The highest BCUT2D eigenvalue weighted by Crippen LogP contribution is 1.92. The Morgan fingerprint density at radius 3 is 2.88 bits per heavy atom. The van der Waals surface area contributed by atoms with Crippen molar-refractivity contribution in [2.75, 3.05) is 6.54 Å². The summed E-state index contributed by atoms with van der Waals surface area (Å²) in [5.74, 6) is 0.0729. The van der Waals surface area contributed by atoms with Gasteiger partial charge in [-0.05, 0) is 0 Å². The molecule has 46 valence electrons. The molecular formula is C4H8N2OS. The van der Waals surface area contributed by atoms with Crippen LogP contribution in [0.3, 0.4) is 0 Å². The van der Waals surface area contributed by atoms with Crippen LogP contribution < -0.4 is 10.6 Å². The molecular weight excluding hydrogens is 124 g/mol. The highest BCUT2D eigenvalue weighted by atomic mass is 32.1. The molecule has 0 spiro atoms. The smallest absolute Gasteiger partial charge is 0.223 e. The van der Waals surface area contributed by atoms with Crippen LogP contribution in [0, 0.1) is 0 Å². The van der Waals surface area contributed by atoms with E-state index in [0.717, 1.165) is 6.54 Å². The lowest BCUT2D eigenvalue weighted by atomic mass is 10.3. The third-order valence-electron chi connectivity index (χ3n) is 0.987. The van der Waals surface area contributed by atoms with Gasteiger partial charge in [-0.15, -0.1) is 12.6 Å². The van der Waals surface area contributed by atoms with E-state index in [0.29, 0.717) is 6.42 Å². The minimum Gasteiger partial charge on any atom is -0.332 e. The van der Waals surface area contributed by atoms with E-state index in [1.165, 1.54) is 0 Å². The zero-order valence-electron chi connectivity index (χ0n) is 4.35. The van der Waals surface area contributed by atoms with Crippen LogP contribution in [-0.4, -0.2) is 17.9 Å². The molecule has 8 heavy (non-hydrogen) atoms. The molecule has 1 aliphatic heterocycles. The molecule has 1 rings (SSSR count). The Morgan fingerprint density at radius 1 is 1.75 bits per heavy atom. The number of rotatable bonds is 0. The molecule has 0 aliphatic carbocycles. The fourth-order valence-electron chi connectivity index (χ4n) is 0.598. The molecule has 0 saturated carbocycles. The van der Waals surface area contributed by atoms with Gasteiger partial charge in [0, 0.05) is 13.0 Å². The molecule has 0 aromatic heterocycles. The van der Waals surface area contributed by atoms with Crippen molar-refractivity contribution in [2.24, 2.45) is 0 Å². The van der Waals surface area contributed by atoms with Crippen LogP contribution in [0.25, 0.3) is 0 Å². The number of hydrogen-bond acceptors (Lipinski definition) is 3. The van der Waals surface area contributed by atoms with Gasteiger partial charge in [0.25, 0.3) is 0 Å². The predicted octanol–water partition coefficient (Wildman–Crippen LogP) is -0.691. The zero-order valence-corrected chi connectivity index (χ0v) is 5.24.